The number of hydrogen-bond donors (Lipinski definition) is 0. The first-order valence-electron chi connectivity index (χ1n) is 49.7. The van der Waals surface area contributed by atoms with E-state index in [0.29, 0.717) is 12.4 Å². The molecule has 0 saturated heterocycles. The maximum absolute atomic E-state index is 6.18. The van der Waals surface area contributed by atoms with Crippen molar-refractivity contribution < 1.29 is 66.3 Å². The summed E-state index contributed by atoms with van der Waals surface area (Å²) in [6, 6.07) is 117. The van der Waals surface area contributed by atoms with Crippen molar-refractivity contribution in [2.45, 2.75) is 98.8 Å². The number of benzene rings is 15. The molecule has 0 N–H and O–H groups in total. The van der Waals surface area contributed by atoms with Gasteiger partial charge in [0.25, 0.3) is 0 Å². The second-order valence-corrected chi connectivity index (χ2v) is 37.5. The van der Waals surface area contributed by atoms with Gasteiger partial charge in [-0.15, -0.1) is 0 Å². The van der Waals surface area contributed by atoms with Crippen LogP contribution in [-0.4, -0.2) is 99.0 Å². The van der Waals surface area contributed by atoms with Crippen molar-refractivity contribution in [3.05, 3.63) is 472 Å². The maximum atomic E-state index is 6.18. The molecule has 0 radical (unpaired) electrons. The summed E-state index contributed by atoms with van der Waals surface area (Å²) in [6.45, 7) is 20.6. The first-order chi connectivity index (χ1) is 71.7. The highest BCUT2D eigenvalue weighted by Crippen LogP contribution is 2.43. The minimum Gasteiger partial charge on any atom is -0.497 e. The van der Waals surface area contributed by atoms with Crippen molar-refractivity contribution in [2.24, 2.45) is 0 Å². The number of methoxy groups -OCH3 is 13. The third-order valence-corrected chi connectivity index (χ3v) is 25.8. The van der Waals surface area contributed by atoms with Gasteiger partial charge in [-0.2, -0.15) is 0 Å². The fourth-order valence-electron chi connectivity index (χ4n) is 17.0. The van der Waals surface area contributed by atoms with Gasteiger partial charge < -0.3 is 81.0 Å². The van der Waals surface area contributed by atoms with Gasteiger partial charge in [0.2, 0.25) is 0 Å². The molecule has 0 bridgehead atoms. The lowest BCUT2D eigenvalue weighted by Gasteiger charge is -2.26. The highest BCUT2D eigenvalue weighted by atomic mass is 16.5. The summed E-state index contributed by atoms with van der Waals surface area (Å²) in [5.41, 5.74) is 26.2. The molecule has 15 aromatic carbocycles. The van der Waals surface area contributed by atoms with Gasteiger partial charge in [0.15, 0.2) is 0 Å². The van der Waals surface area contributed by atoms with E-state index in [9.17, 15) is 0 Å². The van der Waals surface area contributed by atoms with Gasteiger partial charge in [0, 0.05) is 88.1 Å². The molecule has 15 aromatic rings. The number of rotatable bonds is 40. The molecule has 0 aliphatic rings. The highest BCUT2D eigenvalue weighted by Gasteiger charge is 2.25. The summed E-state index contributed by atoms with van der Waals surface area (Å²) in [6.07, 6.45) is 17.7. The van der Waals surface area contributed by atoms with Crippen molar-refractivity contribution in [1.29, 1.82) is 0 Å². The Hall–Kier alpha value is -16.7. The summed E-state index contributed by atoms with van der Waals surface area (Å²) >= 11 is 0. The summed E-state index contributed by atoms with van der Waals surface area (Å²) in [5, 5.41) is 0. The van der Waals surface area contributed by atoms with Gasteiger partial charge >= 0.3 is 0 Å². The molecule has 0 spiro atoms. The monoisotopic (exact) mass is 1980 g/mol. The second kappa shape index (κ2) is 52.7. The topological polar surface area (TPSA) is 139 Å². The molecular weight excluding hydrogens is 1840 g/mol. The fourth-order valence-corrected chi connectivity index (χ4v) is 17.0. The second-order valence-electron chi connectivity index (χ2n) is 37.5. The van der Waals surface area contributed by atoms with Crippen molar-refractivity contribution in [3.8, 4) is 80.5 Å². The Morgan fingerprint density at radius 3 is 0.682 bits per heavy atom. The van der Waals surface area contributed by atoms with E-state index in [0.717, 1.165) is 216 Å². The summed E-state index contributed by atoms with van der Waals surface area (Å²) in [4.78, 5) is 6.60. The lowest BCUT2D eigenvalue weighted by molar-refractivity contribution is 0.303. The molecule has 0 aliphatic carbocycles. The van der Waals surface area contributed by atoms with Crippen molar-refractivity contribution in [3.63, 3.8) is 0 Å². The summed E-state index contributed by atoms with van der Waals surface area (Å²) < 4.78 is 78.4. The molecule has 0 saturated carbocycles. The van der Waals surface area contributed by atoms with E-state index in [4.69, 9.17) is 66.3 Å². The maximum Gasteiger partial charge on any atom is 0.146 e. The molecular formula is C131H139N3O14. The number of aryl methyl sites for hydroxylation is 2. The number of nitrogens with zero attached hydrogens (tertiary/aromatic N) is 3. The number of unbranched alkanes of at least 4 members (excludes halogenated alkanes) is 3. The molecule has 0 heterocycles. The molecule has 0 aromatic heterocycles. The molecule has 15 rings (SSSR count). The molecule has 0 unspecified atom stereocenters. The van der Waals surface area contributed by atoms with Crippen LogP contribution < -0.4 is 81.0 Å². The highest BCUT2D eigenvalue weighted by molar-refractivity contribution is 5.91. The number of anilines is 3. The van der Waals surface area contributed by atoms with Crippen LogP contribution in [0.15, 0.2) is 383 Å². The Morgan fingerprint density at radius 1 is 0.223 bits per heavy atom. The number of hydrogen-bond acceptors (Lipinski definition) is 17. The van der Waals surface area contributed by atoms with Gasteiger partial charge in [0.05, 0.1) is 105 Å². The normalized spacial score (nSPS) is 11.1. The van der Waals surface area contributed by atoms with Gasteiger partial charge in [-0.1, -0.05) is 225 Å². The predicted molar refractivity (Wildman–Crippen MR) is 608 cm³/mol. The molecule has 17 heteroatoms. The van der Waals surface area contributed by atoms with Crippen LogP contribution in [0, 0.1) is 13.8 Å². The van der Waals surface area contributed by atoms with Crippen molar-refractivity contribution >= 4 is 50.5 Å². The Kier molecular flexibility index (Phi) is 38.7. The minimum atomic E-state index is -0.0358. The predicted octanol–water partition coefficient (Wildman–Crippen LogP) is 31.3. The Balaban J connectivity index is 0.000000186. The quantitative estimate of drug-likeness (QED) is 0.0336. The Morgan fingerprint density at radius 2 is 0.453 bits per heavy atom. The molecule has 762 valence electrons. The third kappa shape index (κ3) is 28.9. The molecule has 0 atom stereocenters. The van der Waals surface area contributed by atoms with Gasteiger partial charge in [-0.3, -0.25) is 0 Å². The smallest absolute Gasteiger partial charge is 0.146 e. The Bertz CT molecular complexity index is 6470. The zero-order chi connectivity index (χ0) is 105. The van der Waals surface area contributed by atoms with Crippen LogP contribution in [0.2, 0.25) is 0 Å². The van der Waals surface area contributed by atoms with Crippen LogP contribution in [0.1, 0.15) is 163 Å². The van der Waals surface area contributed by atoms with Crippen LogP contribution >= 0.6 is 0 Å². The van der Waals surface area contributed by atoms with Crippen LogP contribution in [0.3, 0.4) is 0 Å². The van der Waals surface area contributed by atoms with E-state index in [1.54, 1.807) is 92.4 Å². The van der Waals surface area contributed by atoms with E-state index in [1.165, 1.54) is 24.0 Å². The minimum absolute atomic E-state index is 0.0291. The molecule has 0 fully saturated rings. The lowest BCUT2D eigenvalue weighted by Crippen LogP contribution is -2.15. The van der Waals surface area contributed by atoms with E-state index >= 15 is 0 Å². The molecule has 0 aliphatic heterocycles. The van der Waals surface area contributed by atoms with Gasteiger partial charge in [-0.05, 0) is 302 Å². The lowest BCUT2D eigenvalue weighted by atomic mass is 9.87. The van der Waals surface area contributed by atoms with E-state index < -0.39 is 0 Å². The zero-order valence-electron chi connectivity index (χ0n) is 89.5. The largest absolute Gasteiger partial charge is 0.497 e. The fraction of sp³-hybridized carbons (Fsp3) is 0.221. The summed E-state index contributed by atoms with van der Waals surface area (Å²) in [7, 11) is 21.9. The first-order valence-corrected chi connectivity index (χ1v) is 49.7. The molecule has 17 nitrogen and oxygen atoms in total. The van der Waals surface area contributed by atoms with Crippen molar-refractivity contribution in [1.82, 2.24) is 0 Å². The van der Waals surface area contributed by atoms with Gasteiger partial charge in [0.1, 0.15) is 80.5 Å². The zero-order valence-corrected chi connectivity index (χ0v) is 89.5. The summed E-state index contributed by atoms with van der Waals surface area (Å²) in [5.74, 6) is 11.0. The van der Waals surface area contributed by atoms with Crippen LogP contribution in [-0.2, 0) is 10.8 Å². The van der Waals surface area contributed by atoms with Crippen LogP contribution in [0.25, 0.3) is 33.4 Å². The van der Waals surface area contributed by atoms with Crippen molar-refractivity contribution in [2.75, 3.05) is 114 Å². The third-order valence-electron chi connectivity index (χ3n) is 25.8. The molecule has 0 amide bonds. The first kappa shape index (κ1) is 109. The van der Waals surface area contributed by atoms with Crippen LogP contribution in [0.5, 0.6) is 80.5 Å². The SMILES string of the molecule is CCCCCCOc1ccc(N(C=C(c2ccc(OC)cc2)c2ccc(OC)cc2)C=C(c2ccc(OC)cc2)c2ccc(OC)cc2)c(OC)c1.COc1ccc(/C(=C/N(/C=C(/c2ccc(OC)cc2)c2ccc(OC)cc2C)c2cccc(C(C)(C)C)c2)c2ccc(OC)cc2C)cc1.COc1ccc(C(=CN(C=C(c2ccc(OC)cc2)c2ccc(OC)cc2)c2cccc(C(C)(C)C)c2)c2ccc(OC)cc2)cc1. The van der Waals surface area contributed by atoms with Gasteiger partial charge in [-0.25, -0.2) is 0 Å². The molecule has 148 heavy (non-hydrogen) atoms. The van der Waals surface area contributed by atoms with Crippen LogP contribution in [0.4, 0.5) is 17.1 Å². The van der Waals surface area contributed by atoms with E-state index in [2.05, 4.69) is 308 Å². The standard InChI is InChI=1S/C45H49NO6.C44H47NO4.C42H43NO4/c1-7-8-9-10-29-52-41-27-28-44(45(30-41)51-6)46(31-42(33-11-19-37(47-2)20-12-33)34-13-21-38(48-3)22-14-34)32-43(35-15-23-39(49-4)24-16-35)36-17-25-40(50-5)26-18-36;1-30-25-38(48-8)21-23-40(30)42(32-13-17-36(46-6)18-14-32)28-45(35-12-10-11-34(27-35)44(3,4)5)29-43(33-15-19-37(47-7)20-16-33)41-24-22-39(49-9)26-31(41)2;1-42(2,3)34-9-8-10-35(27-34)43(28-40(30-11-19-36(44-4)20-12-30)31-13-21-37(45-5)22-14-31)29-41(32-15-23-38(46-6)24-16-32)33-17-25-39(47-7)26-18-33/h11-28,30-32H,7-10,29H2,1-6H3;10-29H,1-9H3;8-29H,1-7H3/b;42-28-,43-29-;. The van der Waals surface area contributed by atoms with E-state index in [1.807, 2.05) is 152 Å². The van der Waals surface area contributed by atoms with E-state index in [-0.39, 0.29) is 10.8 Å². The average molecular weight is 1980 g/mol. The number of ether oxygens (including phenoxy) is 14. The average Bonchev–Trinajstić information content (AvgIpc) is 0.789. The Labute approximate surface area is 876 Å².